The van der Waals surface area contributed by atoms with Gasteiger partial charge in [0.15, 0.2) is 5.72 Å². The smallest absolute Gasteiger partial charge is 0.166 e. The van der Waals surface area contributed by atoms with Crippen molar-refractivity contribution in [1.82, 2.24) is 5.32 Å². The molecule has 2 heterocycles. The topological polar surface area (TPSA) is 30.5 Å². The zero-order valence-electron chi connectivity index (χ0n) is 8.61. The summed E-state index contributed by atoms with van der Waals surface area (Å²) in [6.45, 7) is 2.17. The lowest BCUT2D eigenvalue weighted by atomic mass is 9.99. The molecular weight excluding hydrogens is 190 g/mol. The average molecular weight is 205 g/mol. The van der Waals surface area contributed by atoms with E-state index in [1.807, 2.05) is 6.07 Å². The van der Waals surface area contributed by atoms with Gasteiger partial charge in [0.2, 0.25) is 0 Å². The number of hydrogen-bond acceptors (Lipinski definition) is 3. The summed E-state index contributed by atoms with van der Waals surface area (Å²) < 4.78 is 10.9. The second-order valence-electron chi connectivity index (χ2n) is 4.23. The van der Waals surface area contributed by atoms with Gasteiger partial charge in [-0.1, -0.05) is 30.3 Å². The fourth-order valence-electron chi connectivity index (χ4n) is 2.19. The maximum Gasteiger partial charge on any atom is 0.166 e. The van der Waals surface area contributed by atoms with E-state index in [1.165, 1.54) is 5.56 Å². The van der Waals surface area contributed by atoms with E-state index in [0.29, 0.717) is 19.3 Å². The Hall–Kier alpha value is -0.900. The zero-order valence-corrected chi connectivity index (χ0v) is 8.61. The molecule has 2 aliphatic rings. The van der Waals surface area contributed by atoms with E-state index in [0.717, 1.165) is 13.0 Å². The number of ether oxygens (including phenoxy) is 2. The van der Waals surface area contributed by atoms with Gasteiger partial charge in [0, 0.05) is 6.04 Å². The van der Waals surface area contributed by atoms with Gasteiger partial charge < -0.3 is 9.47 Å². The molecule has 1 unspecified atom stereocenters. The number of benzene rings is 1. The molecule has 2 aliphatic heterocycles. The molecule has 3 nitrogen and oxygen atoms in total. The maximum absolute atomic E-state index is 5.72. The molecule has 2 fully saturated rings. The largest absolute Gasteiger partial charge is 0.372 e. The monoisotopic (exact) mass is 205 g/mol. The van der Waals surface area contributed by atoms with Crippen molar-refractivity contribution in [3.8, 4) is 0 Å². The molecule has 1 N–H and O–H groups in total. The van der Waals surface area contributed by atoms with Gasteiger partial charge in [-0.15, -0.1) is 0 Å². The first-order valence-corrected chi connectivity index (χ1v) is 5.42. The summed E-state index contributed by atoms with van der Waals surface area (Å²) in [7, 11) is 0. The minimum Gasteiger partial charge on any atom is -0.372 e. The second-order valence-corrected chi connectivity index (χ2v) is 4.23. The molecule has 0 aromatic heterocycles. The first-order valence-electron chi connectivity index (χ1n) is 5.42. The number of rotatable bonds is 1. The lowest BCUT2D eigenvalue weighted by molar-refractivity contribution is -0.247. The highest BCUT2D eigenvalue weighted by Gasteiger charge is 2.43. The van der Waals surface area contributed by atoms with Gasteiger partial charge in [0.05, 0.1) is 19.8 Å². The average Bonchev–Trinajstić information content (AvgIpc) is 2.28. The van der Waals surface area contributed by atoms with Crippen molar-refractivity contribution in [3.63, 3.8) is 0 Å². The number of hydrogen-bond donors (Lipinski definition) is 1. The minimum atomic E-state index is -0.196. The van der Waals surface area contributed by atoms with Crippen LogP contribution in [0, 0.1) is 0 Å². The van der Waals surface area contributed by atoms with E-state index in [9.17, 15) is 0 Å². The van der Waals surface area contributed by atoms with Crippen LogP contribution in [0.5, 0.6) is 0 Å². The fourth-order valence-corrected chi connectivity index (χ4v) is 2.19. The van der Waals surface area contributed by atoms with E-state index in [1.54, 1.807) is 0 Å². The summed E-state index contributed by atoms with van der Waals surface area (Å²) in [4.78, 5) is 0. The summed E-state index contributed by atoms with van der Waals surface area (Å²) in [5, 5.41) is 3.54. The molecule has 2 saturated heterocycles. The number of nitrogens with one attached hydrogen (secondary N) is 1. The van der Waals surface area contributed by atoms with Crippen molar-refractivity contribution in [2.45, 2.75) is 18.2 Å². The van der Waals surface area contributed by atoms with Gasteiger partial charge in [-0.25, -0.2) is 0 Å². The van der Waals surface area contributed by atoms with Crippen LogP contribution >= 0.6 is 0 Å². The minimum absolute atomic E-state index is 0.196. The molecule has 3 heteroatoms. The van der Waals surface area contributed by atoms with Crippen LogP contribution in [0.25, 0.3) is 0 Å². The summed E-state index contributed by atoms with van der Waals surface area (Å²) in [5.74, 6) is 0. The Balaban J connectivity index is 1.77. The van der Waals surface area contributed by atoms with Gasteiger partial charge in [-0.3, -0.25) is 5.32 Å². The predicted octanol–water partition coefficient (Wildman–Crippen LogP) is 1.46. The summed E-state index contributed by atoms with van der Waals surface area (Å²) in [6.07, 6.45) is 1.03. The van der Waals surface area contributed by atoms with E-state index in [4.69, 9.17) is 9.47 Å². The predicted molar refractivity (Wildman–Crippen MR) is 56.4 cm³/mol. The zero-order chi connectivity index (χ0) is 10.1. The highest BCUT2D eigenvalue weighted by atomic mass is 16.6. The molecule has 15 heavy (non-hydrogen) atoms. The fraction of sp³-hybridized carbons (Fsp3) is 0.500. The van der Waals surface area contributed by atoms with Crippen LogP contribution in [0.4, 0.5) is 0 Å². The first-order chi connectivity index (χ1) is 7.38. The van der Waals surface area contributed by atoms with Crippen LogP contribution in [-0.2, 0) is 9.47 Å². The van der Waals surface area contributed by atoms with Gasteiger partial charge in [-0.2, -0.15) is 0 Å². The molecule has 0 bridgehead atoms. The lowest BCUT2D eigenvalue weighted by Crippen LogP contribution is -2.65. The third-order valence-corrected chi connectivity index (χ3v) is 3.09. The Labute approximate surface area is 89.4 Å². The van der Waals surface area contributed by atoms with Crippen LogP contribution in [0.2, 0.25) is 0 Å². The summed E-state index contributed by atoms with van der Waals surface area (Å²) >= 11 is 0. The van der Waals surface area contributed by atoms with E-state index < -0.39 is 0 Å². The SMILES string of the molecule is c1ccc(C2CCOC3(COC3)N2)cc1. The Morgan fingerprint density at radius 2 is 2.00 bits per heavy atom. The van der Waals surface area contributed by atoms with Crippen molar-refractivity contribution in [3.05, 3.63) is 35.9 Å². The van der Waals surface area contributed by atoms with E-state index in [2.05, 4.69) is 29.6 Å². The van der Waals surface area contributed by atoms with E-state index >= 15 is 0 Å². The normalized spacial score (nSPS) is 28.7. The van der Waals surface area contributed by atoms with Crippen molar-refractivity contribution < 1.29 is 9.47 Å². The molecule has 3 rings (SSSR count). The second kappa shape index (κ2) is 3.59. The molecule has 1 aromatic rings. The lowest BCUT2D eigenvalue weighted by Gasteiger charge is -2.47. The molecule has 1 spiro atoms. The molecule has 80 valence electrons. The Bertz CT molecular complexity index is 335. The third kappa shape index (κ3) is 1.67. The maximum atomic E-state index is 5.72. The van der Waals surface area contributed by atoms with Crippen molar-refractivity contribution in [1.29, 1.82) is 0 Å². The van der Waals surface area contributed by atoms with Crippen LogP contribution in [0.15, 0.2) is 30.3 Å². The molecule has 1 aromatic carbocycles. The standard InChI is InChI=1S/C12H15NO2/c1-2-4-10(5-3-1)11-6-7-15-12(13-11)8-14-9-12/h1-5,11,13H,6-9H2. The van der Waals surface area contributed by atoms with Gasteiger partial charge >= 0.3 is 0 Å². The first kappa shape index (κ1) is 9.33. The summed E-state index contributed by atoms with van der Waals surface area (Å²) in [5.41, 5.74) is 1.14. The summed E-state index contributed by atoms with van der Waals surface area (Å²) in [6, 6.07) is 10.9. The van der Waals surface area contributed by atoms with Crippen molar-refractivity contribution in [2.24, 2.45) is 0 Å². The molecule has 1 atom stereocenters. The molecule has 0 saturated carbocycles. The third-order valence-electron chi connectivity index (χ3n) is 3.09. The quantitative estimate of drug-likeness (QED) is 0.753. The van der Waals surface area contributed by atoms with Crippen molar-refractivity contribution >= 4 is 0 Å². The van der Waals surface area contributed by atoms with Crippen LogP contribution < -0.4 is 5.32 Å². The van der Waals surface area contributed by atoms with Gasteiger partial charge in [0.25, 0.3) is 0 Å². The highest BCUT2D eigenvalue weighted by molar-refractivity contribution is 5.20. The molecule has 0 radical (unpaired) electrons. The van der Waals surface area contributed by atoms with E-state index in [-0.39, 0.29) is 5.72 Å². The van der Waals surface area contributed by atoms with Crippen LogP contribution in [-0.4, -0.2) is 25.5 Å². The Morgan fingerprint density at radius 3 is 2.67 bits per heavy atom. The van der Waals surface area contributed by atoms with Crippen LogP contribution in [0.3, 0.4) is 0 Å². The molecular formula is C12H15NO2. The Morgan fingerprint density at radius 1 is 1.20 bits per heavy atom. The van der Waals surface area contributed by atoms with Crippen LogP contribution in [0.1, 0.15) is 18.0 Å². The van der Waals surface area contributed by atoms with Gasteiger partial charge in [-0.05, 0) is 12.0 Å². The highest BCUT2D eigenvalue weighted by Crippen LogP contribution is 2.30. The Kier molecular flexibility index (Phi) is 2.24. The molecule has 0 amide bonds. The van der Waals surface area contributed by atoms with Gasteiger partial charge in [0.1, 0.15) is 0 Å². The van der Waals surface area contributed by atoms with Crippen molar-refractivity contribution in [2.75, 3.05) is 19.8 Å². The molecule has 0 aliphatic carbocycles.